The Bertz CT molecular complexity index is 369. The molecule has 0 spiro atoms. The van der Waals surface area contributed by atoms with Crippen molar-refractivity contribution in [3.05, 3.63) is 35.9 Å². The molecule has 1 saturated heterocycles. The summed E-state index contributed by atoms with van der Waals surface area (Å²) in [4.78, 5) is 2.12. The molecule has 92 valence electrons. The van der Waals surface area contributed by atoms with Crippen LogP contribution in [-0.2, 0) is 11.3 Å². The van der Waals surface area contributed by atoms with Gasteiger partial charge in [0.15, 0.2) is 5.11 Å². The maximum Gasteiger partial charge on any atom is 0.171 e. The van der Waals surface area contributed by atoms with E-state index in [1.165, 1.54) is 5.56 Å². The van der Waals surface area contributed by atoms with E-state index in [0.717, 1.165) is 31.0 Å². The van der Waals surface area contributed by atoms with Crippen LogP contribution < -0.4 is 5.32 Å². The molecule has 0 aliphatic carbocycles. The minimum absolute atomic E-state index is 0.144. The second-order valence-electron chi connectivity index (χ2n) is 4.17. The van der Waals surface area contributed by atoms with Crippen molar-refractivity contribution < 1.29 is 4.74 Å². The predicted molar refractivity (Wildman–Crippen MR) is 72.6 cm³/mol. The van der Waals surface area contributed by atoms with E-state index < -0.39 is 0 Å². The zero-order valence-electron chi connectivity index (χ0n) is 10.1. The number of methoxy groups -OCH3 is 1. The first-order valence-corrected chi connectivity index (χ1v) is 6.33. The van der Waals surface area contributed by atoms with E-state index in [1.54, 1.807) is 7.11 Å². The van der Waals surface area contributed by atoms with Gasteiger partial charge in [0.1, 0.15) is 6.23 Å². The number of ether oxygens (including phenoxy) is 1. The van der Waals surface area contributed by atoms with E-state index in [9.17, 15) is 0 Å². The standard InChI is InChI=1S/C13H18N2OS/c1-16-12-8-5-9-15(12)13(17)14-10-11-6-3-2-4-7-11/h2-4,6-7,12H,5,8-10H2,1H3,(H,14,17). The average molecular weight is 250 g/mol. The van der Waals surface area contributed by atoms with Crippen molar-refractivity contribution in [1.29, 1.82) is 0 Å². The predicted octanol–water partition coefficient (Wildman–Crippen LogP) is 2.13. The topological polar surface area (TPSA) is 24.5 Å². The third kappa shape index (κ3) is 3.17. The fourth-order valence-corrected chi connectivity index (χ4v) is 2.37. The first kappa shape index (κ1) is 12.3. The Morgan fingerprint density at radius 3 is 2.94 bits per heavy atom. The number of benzene rings is 1. The van der Waals surface area contributed by atoms with Crippen molar-refractivity contribution in [2.24, 2.45) is 0 Å². The van der Waals surface area contributed by atoms with Gasteiger partial charge in [0.05, 0.1) is 0 Å². The number of rotatable bonds is 3. The lowest BCUT2D eigenvalue weighted by molar-refractivity contribution is 0.0331. The minimum atomic E-state index is 0.144. The summed E-state index contributed by atoms with van der Waals surface area (Å²) < 4.78 is 5.40. The summed E-state index contributed by atoms with van der Waals surface area (Å²) in [7, 11) is 1.74. The lowest BCUT2D eigenvalue weighted by Gasteiger charge is -2.26. The van der Waals surface area contributed by atoms with Gasteiger partial charge in [0, 0.05) is 20.2 Å². The monoisotopic (exact) mass is 250 g/mol. The highest BCUT2D eigenvalue weighted by molar-refractivity contribution is 7.80. The van der Waals surface area contributed by atoms with Gasteiger partial charge in [-0.05, 0) is 30.6 Å². The van der Waals surface area contributed by atoms with Crippen LogP contribution in [0.2, 0.25) is 0 Å². The maximum absolute atomic E-state index is 5.40. The van der Waals surface area contributed by atoms with Gasteiger partial charge in [0.2, 0.25) is 0 Å². The SMILES string of the molecule is COC1CCCN1C(=S)NCc1ccccc1. The third-order valence-corrected chi connectivity index (χ3v) is 3.40. The molecule has 0 bridgehead atoms. The molecule has 0 saturated carbocycles. The van der Waals surface area contributed by atoms with Crippen LogP contribution >= 0.6 is 12.2 Å². The molecule has 1 aromatic rings. The first-order valence-electron chi connectivity index (χ1n) is 5.92. The normalized spacial score (nSPS) is 19.4. The summed E-state index contributed by atoms with van der Waals surface area (Å²) in [6.45, 7) is 1.76. The molecule has 1 aromatic carbocycles. The lowest BCUT2D eigenvalue weighted by atomic mass is 10.2. The quantitative estimate of drug-likeness (QED) is 0.831. The number of thiocarbonyl (C=S) groups is 1. The Morgan fingerprint density at radius 1 is 1.47 bits per heavy atom. The van der Waals surface area contributed by atoms with Crippen molar-refractivity contribution in [3.8, 4) is 0 Å². The molecule has 3 nitrogen and oxygen atoms in total. The summed E-state index contributed by atoms with van der Waals surface area (Å²) in [6, 6.07) is 10.3. The van der Waals surface area contributed by atoms with Crippen molar-refractivity contribution in [3.63, 3.8) is 0 Å². The molecule has 17 heavy (non-hydrogen) atoms. The molecule has 2 rings (SSSR count). The van der Waals surface area contributed by atoms with Crippen LogP contribution in [-0.4, -0.2) is 29.9 Å². The third-order valence-electron chi connectivity index (χ3n) is 3.02. The van der Waals surface area contributed by atoms with Gasteiger partial charge in [0.25, 0.3) is 0 Å². The fraction of sp³-hybridized carbons (Fsp3) is 0.462. The molecule has 1 N–H and O–H groups in total. The average Bonchev–Trinajstić information content (AvgIpc) is 2.85. The van der Waals surface area contributed by atoms with Crippen LogP contribution in [0.25, 0.3) is 0 Å². The highest BCUT2D eigenvalue weighted by Gasteiger charge is 2.25. The van der Waals surface area contributed by atoms with Crippen LogP contribution in [0.3, 0.4) is 0 Å². The highest BCUT2D eigenvalue weighted by atomic mass is 32.1. The van der Waals surface area contributed by atoms with E-state index in [4.69, 9.17) is 17.0 Å². The number of hydrogen-bond acceptors (Lipinski definition) is 2. The number of nitrogens with zero attached hydrogens (tertiary/aromatic N) is 1. The fourth-order valence-electron chi connectivity index (χ4n) is 2.09. The van der Waals surface area contributed by atoms with E-state index in [0.29, 0.717) is 0 Å². The smallest absolute Gasteiger partial charge is 0.171 e. The van der Waals surface area contributed by atoms with Crippen LogP contribution in [0, 0.1) is 0 Å². The van der Waals surface area contributed by atoms with Gasteiger partial charge in [-0.1, -0.05) is 30.3 Å². The number of nitrogens with one attached hydrogen (secondary N) is 1. The van der Waals surface area contributed by atoms with Gasteiger partial charge < -0.3 is 15.0 Å². The van der Waals surface area contributed by atoms with E-state index in [1.807, 2.05) is 18.2 Å². The molecule has 1 aliphatic rings. The first-order chi connectivity index (χ1) is 8.31. The van der Waals surface area contributed by atoms with Crippen molar-refractivity contribution in [2.75, 3.05) is 13.7 Å². The summed E-state index contributed by atoms with van der Waals surface area (Å²) in [5, 5.41) is 4.07. The Morgan fingerprint density at radius 2 is 2.24 bits per heavy atom. The van der Waals surface area contributed by atoms with Gasteiger partial charge in [-0.15, -0.1) is 0 Å². The molecule has 4 heteroatoms. The van der Waals surface area contributed by atoms with Crippen LogP contribution in [0.4, 0.5) is 0 Å². The number of likely N-dealkylation sites (tertiary alicyclic amines) is 1. The second kappa shape index (κ2) is 5.98. The molecule has 1 atom stereocenters. The van der Waals surface area contributed by atoms with Gasteiger partial charge in [-0.3, -0.25) is 0 Å². The molecule has 0 amide bonds. The van der Waals surface area contributed by atoms with Crippen LogP contribution in [0.15, 0.2) is 30.3 Å². The summed E-state index contributed by atoms with van der Waals surface area (Å²) in [6.07, 6.45) is 2.35. The molecule has 0 aromatic heterocycles. The van der Waals surface area contributed by atoms with Crippen molar-refractivity contribution in [1.82, 2.24) is 10.2 Å². The zero-order chi connectivity index (χ0) is 12.1. The molecular formula is C13H18N2OS. The van der Waals surface area contributed by atoms with E-state index in [2.05, 4.69) is 22.3 Å². The van der Waals surface area contributed by atoms with Crippen molar-refractivity contribution >= 4 is 17.3 Å². The second-order valence-corrected chi connectivity index (χ2v) is 4.56. The summed E-state index contributed by atoms with van der Waals surface area (Å²) >= 11 is 5.39. The Labute approximate surface area is 108 Å². The van der Waals surface area contributed by atoms with Crippen molar-refractivity contribution in [2.45, 2.75) is 25.6 Å². The maximum atomic E-state index is 5.40. The minimum Gasteiger partial charge on any atom is -0.362 e. The zero-order valence-corrected chi connectivity index (χ0v) is 10.9. The molecule has 0 radical (unpaired) electrons. The Hall–Kier alpha value is -1.13. The molecule has 1 heterocycles. The molecule has 1 unspecified atom stereocenters. The summed E-state index contributed by atoms with van der Waals surface area (Å²) in [5.41, 5.74) is 1.24. The summed E-state index contributed by atoms with van der Waals surface area (Å²) in [5.74, 6) is 0. The van der Waals surface area contributed by atoms with Gasteiger partial charge in [-0.2, -0.15) is 0 Å². The number of hydrogen-bond donors (Lipinski definition) is 1. The molecule has 1 aliphatic heterocycles. The van der Waals surface area contributed by atoms with E-state index >= 15 is 0 Å². The molecular weight excluding hydrogens is 232 g/mol. The largest absolute Gasteiger partial charge is 0.362 e. The highest BCUT2D eigenvalue weighted by Crippen LogP contribution is 2.17. The van der Waals surface area contributed by atoms with Crippen LogP contribution in [0.5, 0.6) is 0 Å². The molecule has 1 fully saturated rings. The van der Waals surface area contributed by atoms with Gasteiger partial charge >= 0.3 is 0 Å². The lowest BCUT2D eigenvalue weighted by Crippen LogP contribution is -2.42. The van der Waals surface area contributed by atoms with Gasteiger partial charge in [-0.25, -0.2) is 0 Å². The van der Waals surface area contributed by atoms with Crippen LogP contribution in [0.1, 0.15) is 18.4 Å². The Balaban J connectivity index is 1.85. The Kier molecular flexibility index (Phi) is 4.34. The van der Waals surface area contributed by atoms with E-state index in [-0.39, 0.29) is 6.23 Å².